The molecule has 6 unspecified atom stereocenters. The van der Waals surface area contributed by atoms with Crippen LogP contribution in [0.4, 0.5) is 0 Å². The standard InChI is InChI=1S/C36H39NS3/c1-4-10-22(11-5-1)25-16-28-34-29(17-25)39-31-19-27(24-14-8-3-9-15-24)21-33-36(31)37(34)35-30(38-28)18-26(20-32(35)40-33)23-12-6-2-7-13-23/h1-15,25-36H,16-21H2. The summed E-state index contributed by atoms with van der Waals surface area (Å²) in [6, 6.07) is 37.0. The Labute approximate surface area is 252 Å². The van der Waals surface area contributed by atoms with E-state index >= 15 is 0 Å². The van der Waals surface area contributed by atoms with Crippen LogP contribution < -0.4 is 0 Å². The number of benzene rings is 3. The Morgan fingerprint density at radius 3 is 0.875 bits per heavy atom. The van der Waals surface area contributed by atoms with Crippen molar-refractivity contribution >= 4 is 35.3 Å². The van der Waals surface area contributed by atoms with Crippen LogP contribution in [0.25, 0.3) is 0 Å². The van der Waals surface area contributed by atoms with Gasteiger partial charge in [-0.1, -0.05) is 91.0 Å². The smallest absolute Gasteiger partial charge is 0.0341 e. The summed E-state index contributed by atoms with van der Waals surface area (Å²) in [5, 5.41) is 4.69. The molecule has 3 aliphatic carbocycles. The molecular formula is C36H39NS3. The van der Waals surface area contributed by atoms with Crippen LogP contribution in [0.5, 0.6) is 0 Å². The summed E-state index contributed by atoms with van der Waals surface area (Å²) in [6.07, 6.45) is 8.24. The van der Waals surface area contributed by atoms with Crippen molar-refractivity contribution in [3.8, 4) is 0 Å². The second-order valence-electron chi connectivity index (χ2n) is 13.3. The largest absolute Gasteiger partial charge is 0.288 e. The monoisotopic (exact) mass is 581 g/mol. The molecule has 0 spiro atoms. The Hall–Kier alpha value is -1.33. The Balaban J connectivity index is 1.11. The van der Waals surface area contributed by atoms with Gasteiger partial charge < -0.3 is 0 Å². The van der Waals surface area contributed by atoms with Gasteiger partial charge in [0.1, 0.15) is 0 Å². The van der Waals surface area contributed by atoms with Crippen molar-refractivity contribution in [3.63, 3.8) is 0 Å². The Morgan fingerprint density at radius 2 is 0.625 bits per heavy atom. The van der Waals surface area contributed by atoms with E-state index in [1.165, 1.54) is 38.5 Å². The zero-order chi connectivity index (χ0) is 26.2. The van der Waals surface area contributed by atoms with E-state index in [1.807, 2.05) is 0 Å². The van der Waals surface area contributed by atoms with E-state index in [0.717, 1.165) is 49.6 Å². The van der Waals surface area contributed by atoms with E-state index in [4.69, 9.17) is 0 Å². The van der Waals surface area contributed by atoms with E-state index in [-0.39, 0.29) is 0 Å². The van der Waals surface area contributed by atoms with Gasteiger partial charge in [0.05, 0.1) is 0 Å². The van der Waals surface area contributed by atoms with Crippen LogP contribution in [0.2, 0.25) is 0 Å². The molecule has 9 rings (SSSR count). The quantitative estimate of drug-likeness (QED) is 0.305. The molecule has 0 radical (unpaired) electrons. The van der Waals surface area contributed by atoms with Crippen molar-refractivity contribution < 1.29 is 0 Å². The zero-order valence-corrected chi connectivity index (χ0v) is 25.5. The van der Waals surface area contributed by atoms with Gasteiger partial charge in [-0.05, 0) is 73.0 Å². The van der Waals surface area contributed by atoms with Gasteiger partial charge in [-0.2, -0.15) is 35.3 Å². The first-order valence-corrected chi connectivity index (χ1v) is 18.5. The number of hydrogen-bond acceptors (Lipinski definition) is 4. The van der Waals surface area contributed by atoms with Gasteiger partial charge in [0.15, 0.2) is 0 Å². The lowest BCUT2D eigenvalue weighted by Crippen LogP contribution is -2.76. The fourth-order valence-corrected chi connectivity index (χ4v) is 16.4. The first-order valence-electron chi connectivity index (χ1n) is 15.7. The van der Waals surface area contributed by atoms with E-state index in [0.29, 0.717) is 17.8 Å². The van der Waals surface area contributed by atoms with Gasteiger partial charge in [0, 0.05) is 49.6 Å². The van der Waals surface area contributed by atoms with Crippen molar-refractivity contribution in [2.75, 3.05) is 0 Å². The molecule has 3 saturated carbocycles. The fourth-order valence-electron chi connectivity index (χ4n) is 9.76. The molecule has 3 heterocycles. The van der Waals surface area contributed by atoms with Crippen LogP contribution in [-0.4, -0.2) is 54.5 Å². The molecular weight excluding hydrogens is 543 g/mol. The minimum Gasteiger partial charge on any atom is -0.288 e. The zero-order valence-electron chi connectivity index (χ0n) is 23.0. The summed E-state index contributed by atoms with van der Waals surface area (Å²) in [7, 11) is 0. The SMILES string of the molecule is c1ccc(C2CC3SC4CC(c5ccccc5)CC5SC6CC(c7ccccc7)CC7SC(C2)C3N(C45)C76)cc1. The van der Waals surface area contributed by atoms with Crippen molar-refractivity contribution in [3.05, 3.63) is 108 Å². The predicted octanol–water partition coefficient (Wildman–Crippen LogP) is 8.58. The maximum absolute atomic E-state index is 3.27. The van der Waals surface area contributed by atoms with E-state index < -0.39 is 0 Å². The third-order valence-electron chi connectivity index (χ3n) is 11.3. The Kier molecular flexibility index (Phi) is 6.39. The van der Waals surface area contributed by atoms with Crippen LogP contribution in [-0.2, 0) is 0 Å². The molecule has 3 saturated heterocycles. The van der Waals surface area contributed by atoms with Crippen LogP contribution in [0.1, 0.15) is 73.0 Å². The maximum atomic E-state index is 3.27. The molecule has 3 aromatic carbocycles. The minimum atomic E-state index is 0.716. The van der Waals surface area contributed by atoms with Gasteiger partial charge in [-0.25, -0.2) is 0 Å². The van der Waals surface area contributed by atoms with Gasteiger partial charge in [0.25, 0.3) is 0 Å². The number of hydrogen-bond donors (Lipinski definition) is 0. The van der Waals surface area contributed by atoms with Crippen molar-refractivity contribution in [1.82, 2.24) is 4.90 Å². The molecule has 0 amide bonds. The highest BCUT2D eigenvalue weighted by Gasteiger charge is 2.64. The Morgan fingerprint density at radius 1 is 0.375 bits per heavy atom. The third kappa shape index (κ3) is 4.10. The van der Waals surface area contributed by atoms with Crippen molar-refractivity contribution in [1.29, 1.82) is 0 Å². The second-order valence-corrected chi connectivity index (χ2v) is 17.7. The van der Waals surface area contributed by atoms with Gasteiger partial charge >= 0.3 is 0 Å². The Bertz CT molecular complexity index is 1130. The second kappa shape index (κ2) is 10.1. The molecule has 3 aliphatic heterocycles. The molecule has 6 aliphatic rings. The van der Waals surface area contributed by atoms with Crippen molar-refractivity contribution in [2.45, 2.75) is 106 Å². The molecule has 1 nitrogen and oxygen atoms in total. The number of rotatable bonds is 3. The average molecular weight is 582 g/mol. The number of thioether (sulfide) groups is 3. The molecule has 0 aromatic heterocycles. The first kappa shape index (κ1) is 25.2. The van der Waals surface area contributed by atoms with Gasteiger partial charge in [-0.15, -0.1) is 0 Å². The molecule has 0 N–H and O–H groups in total. The number of nitrogens with zero attached hydrogens (tertiary/aromatic N) is 1. The lowest BCUT2D eigenvalue weighted by molar-refractivity contribution is 0.00787. The average Bonchev–Trinajstić information content (AvgIpc) is 3.01. The van der Waals surface area contributed by atoms with Crippen molar-refractivity contribution in [2.24, 2.45) is 0 Å². The fraction of sp³-hybridized carbons (Fsp3) is 0.500. The summed E-state index contributed by atoms with van der Waals surface area (Å²) >= 11 is 7.35. The summed E-state index contributed by atoms with van der Waals surface area (Å²) in [5.41, 5.74) is 4.77. The summed E-state index contributed by atoms with van der Waals surface area (Å²) < 4.78 is 0. The lowest BCUT2D eigenvalue weighted by Gasteiger charge is -2.69. The van der Waals surface area contributed by atoms with Crippen LogP contribution in [0.3, 0.4) is 0 Å². The lowest BCUT2D eigenvalue weighted by atomic mass is 9.73. The molecule has 6 atom stereocenters. The van der Waals surface area contributed by atoms with E-state index in [2.05, 4.69) is 131 Å². The summed E-state index contributed by atoms with van der Waals surface area (Å²) in [5.74, 6) is 2.15. The highest BCUT2D eigenvalue weighted by Crippen LogP contribution is 2.64. The topological polar surface area (TPSA) is 3.24 Å². The third-order valence-corrected chi connectivity index (χ3v) is 16.2. The maximum Gasteiger partial charge on any atom is 0.0341 e. The van der Waals surface area contributed by atoms with Crippen LogP contribution >= 0.6 is 35.3 Å². The molecule has 206 valence electrons. The normalized spacial score (nSPS) is 43.5. The van der Waals surface area contributed by atoms with Gasteiger partial charge in [-0.3, -0.25) is 4.90 Å². The van der Waals surface area contributed by atoms with Crippen LogP contribution in [0, 0.1) is 0 Å². The molecule has 40 heavy (non-hydrogen) atoms. The highest BCUT2D eigenvalue weighted by molar-refractivity contribution is 8.02. The molecule has 6 fully saturated rings. The highest BCUT2D eigenvalue weighted by atomic mass is 32.2. The molecule has 3 aromatic rings. The van der Waals surface area contributed by atoms with Crippen LogP contribution in [0.15, 0.2) is 91.0 Å². The molecule has 4 heteroatoms. The summed E-state index contributed by atoms with van der Waals surface area (Å²) in [6.45, 7) is 0. The van der Waals surface area contributed by atoms with E-state index in [1.54, 1.807) is 16.7 Å². The minimum absolute atomic E-state index is 0.716. The predicted molar refractivity (Wildman–Crippen MR) is 174 cm³/mol. The van der Waals surface area contributed by atoms with E-state index in [9.17, 15) is 0 Å². The van der Waals surface area contributed by atoms with Gasteiger partial charge in [0.2, 0.25) is 0 Å². The summed E-state index contributed by atoms with van der Waals surface area (Å²) in [4.78, 5) is 3.27. The molecule has 0 bridgehead atoms. The first-order chi connectivity index (χ1) is 19.8.